The van der Waals surface area contributed by atoms with Gasteiger partial charge in [-0.05, 0) is 55.3 Å². The summed E-state index contributed by atoms with van der Waals surface area (Å²) in [6.07, 6.45) is 1.82. The molecule has 0 saturated carbocycles. The number of ether oxygens (including phenoxy) is 2. The number of halogens is 1. The Balaban J connectivity index is 1.65. The molecule has 12 heteroatoms. The highest BCUT2D eigenvalue weighted by atomic mass is 32.2. The molecule has 9 nitrogen and oxygen atoms in total. The van der Waals surface area contributed by atoms with Crippen molar-refractivity contribution >= 4 is 31.4 Å². The molecule has 4 rings (SSSR count). The summed E-state index contributed by atoms with van der Waals surface area (Å²) in [5, 5.41) is 3.16. The van der Waals surface area contributed by atoms with Crippen LogP contribution in [0.1, 0.15) is 12.8 Å². The Kier molecular flexibility index (Phi) is 7.19. The van der Waals surface area contributed by atoms with Crippen molar-refractivity contribution in [1.29, 1.82) is 0 Å². The van der Waals surface area contributed by atoms with E-state index in [2.05, 4.69) is 10.0 Å². The molecule has 0 unspecified atom stereocenters. The molecule has 1 atom stereocenters. The lowest BCUT2D eigenvalue weighted by Gasteiger charge is -2.26. The van der Waals surface area contributed by atoms with Crippen LogP contribution >= 0.6 is 0 Å². The molecule has 2 heterocycles. The molecular formula is C21H26FN3O6S2. The highest BCUT2D eigenvalue weighted by molar-refractivity contribution is 7.92. The monoisotopic (exact) mass is 499 g/mol. The predicted octanol–water partition coefficient (Wildman–Crippen LogP) is 2.24. The van der Waals surface area contributed by atoms with Gasteiger partial charge < -0.3 is 14.8 Å². The van der Waals surface area contributed by atoms with E-state index in [9.17, 15) is 21.2 Å². The quantitative estimate of drug-likeness (QED) is 0.573. The van der Waals surface area contributed by atoms with Crippen LogP contribution in [0.2, 0.25) is 0 Å². The highest BCUT2D eigenvalue weighted by Crippen LogP contribution is 2.30. The summed E-state index contributed by atoms with van der Waals surface area (Å²) in [6.45, 7) is 2.15. The smallest absolute Gasteiger partial charge is 0.261 e. The number of anilines is 2. The van der Waals surface area contributed by atoms with Crippen LogP contribution in [0, 0.1) is 5.82 Å². The molecule has 0 aromatic heterocycles. The van der Waals surface area contributed by atoms with Crippen molar-refractivity contribution in [3.8, 4) is 0 Å². The summed E-state index contributed by atoms with van der Waals surface area (Å²) in [5.74, 6) is -0.563. The number of nitrogens with one attached hydrogen (secondary N) is 2. The lowest BCUT2D eigenvalue weighted by molar-refractivity contribution is 0.0730. The van der Waals surface area contributed by atoms with Crippen molar-refractivity contribution in [3.05, 3.63) is 48.3 Å². The summed E-state index contributed by atoms with van der Waals surface area (Å²) < 4.78 is 79.9. The number of morpholine rings is 1. The Morgan fingerprint density at radius 1 is 0.939 bits per heavy atom. The Bertz CT molecular complexity index is 1180. The van der Waals surface area contributed by atoms with E-state index in [1.807, 2.05) is 0 Å². The molecule has 2 N–H and O–H groups in total. The lowest BCUT2D eigenvalue weighted by atomic mass is 10.2. The van der Waals surface area contributed by atoms with Gasteiger partial charge in [0.25, 0.3) is 10.0 Å². The van der Waals surface area contributed by atoms with Crippen molar-refractivity contribution in [2.75, 3.05) is 49.5 Å². The molecule has 0 bridgehead atoms. The van der Waals surface area contributed by atoms with Gasteiger partial charge in [-0.25, -0.2) is 21.2 Å². The van der Waals surface area contributed by atoms with E-state index < -0.39 is 25.9 Å². The zero-order valence-electron chi connectivity index (χ0n) is 17.9. The van der Waals surface area contributed by atoms with Crippen molar-refractivity contribution in [2.45, 2.75) is 28.7 Å². The molecule has 2 aliphatic heterocycles. The minimum Gasteiger partial charge on any atom is -0.381 e. The molecule has 2 aromatic carbocycles. The Morgan fingerprint density at radius 3 is 2.30 bits per heavy atom. The van der Waals surface area contributed by atoms with Gasteiger partial charge in [0.2, 0.25) is 10.0 Å². The van der Waals surface area contributed by atoms with Gasteiger partial charge in [0.05, 0.1) is 40.5 Å². The van der Waals surface area contributed by atoms with Gasteiger partial charge in [0.15, 0.2) is 0 Å². The molecule has 2 fully saturated rings. The van der Waals surface area contributed by atoms with E-state index >= 15 is 0 Å². The summed E-state index contributed by atoms with van der Waals surface area (Å²) in [6, 6.07) is 8.65. The third-order valence-electron chi connectivity index (χ3n) is 5.51. The fourth-order valence-electron chi connectivity index (χ4n) is 3.70. The molecule has 2 saturated heterocycles. The molecule has 2 aliphatic rings. The number of nitrogens with zero attached hydrogens (tertiary/aromatic N) is 1. The van der Waals surface area contributed by atoms with Crippen molar-refractivity contribution in [3.63, 3.8) is 0 Å². The van der Waals surface area contributed by atoms with Crippen LogP contribution in [0.25, 0.3) is 0 Å². The molecule has 0 aliphatic carbocycles. The molecular weight excluding hydrogens is 473 g/mol. The zero-order valence-corrected chi connectivity index (χ0v) is 19.5. The number of rotatable bonds is 8. The Labute approximate surface area is 193 Å². The Morgan fingerprint density at radius 2 is 1.64 bits per heavy atom. The Hall–Kier alpha value is -2.25. The average Bonchev–Trinajstić information content (AvgIpc) is 3.32. The number of benzene rings is 2. The van der Waals surface area contributed by atoms with Gasteiger partial charge >= 0.3 is 0 Å². The van der Waals surface area contributed by atoms with E-state index in [4.69, 9.17) is 9.47 Å². The van der Waals surface area contributed by atoms with Gasteiger partial charge in [0.1, 0.15) is 5.82 Å². The van der Waals surface area contributed by atoms with E-state index in [1.54, 1.807) is 0 Å². The second-order valence-corrected chi connectivity index (χ2v) is 11.4. The van der Waals surface area contributed by atoms with Crippen LogP contribution in [-0.2, 0) is 29.5 Å². The first-order valence-corrected chi connectivity index (χ1v) is 13.5. The van der Waals surface area contributed by atoms with Gasteiger partial charge in [-0.15, -0.1) is 0 Å². The van der Waals surface area contributed by atoms with E-state index in [0.29, 0.717) is 32.1 Å². The van der Waals surface area contributed by atoms with Crippen LogP contribution < -0.4 is 10.0 Å². The lowest BCUT2D eigenvalue weighted by Crippen LogP contribution is -2.40. The van der Waals surface area contributed by atoms with Crippen LogP contribution in [0.4, 0.5) is 15.8 Å². The zero-order chi connectivity index (χ0) is 23.5. The maximum absolute atomic E-state index is 13.3. The van der Waals surface area contributed by atoms with Crippen LogP contribution in [0.15, 0.2) is 52.3 Å². The first-order chi connectivity index (χ1) is 15.8. The van der Waals surface area contributed by atoms with E-state index in [0.717, 1.165) is 37.1 Å². The molecule has 0 radical (unpaired) electrons. The topological polar surface area (TPSA) is 114 Å². The predicted molar refractivity (Wildman–Crippen MR) is 121 cm³/mol. The minimum absolute atomic E-state index is 0.0108. The molecule has 0 amide bonds. The molecule has 2 aromatic rings. The van der Waals surface area contributed by atoms with Gasteiger partial charge in [-0.1, -0.05) is 0 Å². The number of hydrogen-bond donors (Lipinski definition) is 2. The van der Waals surface area contributed by atoms with Crippen LogP contribution in [0.3, 0.4) is 0 Å². The van der Waals surface area contributed by atoms with Gasteiger partial charge in [-0.3, -0.25) is 4.72 Å². The van der Waals surface area contributed by atoms with Gasteiger partial charge in [0, 0.05) is 26.2 Å². The SMILES string of the molecule is O=S(=O)(Nc1cc(S(=O)(=O)N2CCOCC2)ccc1NC[C@@H]1CCCO1)c1ccc(F)cc1. The second kappa shape index (κ2) is 9.94. The largest absolute Gasteiger partial charge is 0.381 e. The van der Waals surface area contributed by atoms with Crippen molar-refractivity contribution in [2.24, 2.45) is 0 Å². The van der Waals surface area contributed by atoms with E-state index in [-0.39, 0.29) is 34.7 Å². The van der Waals surface area contributed by atoms with E-state index in [1.165, 1.54) is 22.5 Å². The summed E-state index contributed by atoms with van der Waals surface area (Å²) >= 11 is 0. The summed E-state index contributed by atoms with van der Waals surface area (Å²) in [7, 11) is -7.93. The maximum atomic E-state index is 13.3. The highest BCUT2D eigenvalue weighted by Gasteiger charge is 2.28. The fourth-order valence-corrected chi connectivity index (χ4v) is 6.21. The van der Waals surface area contributed by atoms with Crippen molar-refractivity contribution < 1.29 is 30.7 Å². The summed E-state index contributed by atoms with van der Waals surface area (Å²) in [5.41, 5.74) is 0.490. The number of sulfonamides is 2. The normalized spacial score (nSPS) is 20.0. The molecule has 180 valence electrons. The number of hydrogen-bond acceptors (Lipinski definition) is 7. The third-order valence-corrected chi connectivity index (χ3v) is 8.79. The first-order valence-electron chi connectivity index (χ1n) is 10.6. The average molecular weight is 500 g/mol. The second-order valence-electron chi connectivity index (χ2n) is 7.80. The third kappa shape index (κ3) is 5.64. The standard InChI is InChI=1S/C21H26FN3O6S2/c22-16-3-5-18(6-4-16)32(26,27)24-21-14-19(33(28,29)25-9-12-30-13-10-25)7-8-20(21)23-15-17-2-1-11-31-17/h3-8,14,17,23-24H,1-2,9-13,15H2/t17-/m0/s1. The maximum Gasteiger partial charge on any atom is 0.261 e. The summed E-state index contributed by atoms with van der Waals surface area (Å²) in [4.78, 5) is -0.181. The first kappa shape index (κ1) is 23.9. The minimum atomic E-state index is -4.09. The van der Waals surface area contributed by atoms with Crippen molar-refractivity contribution in [1.82, 2.24) is 4.31 Å². The molecule has 33 heavy (non-hydrogen) atoms. The van der Waals surface area contributed by atoms with Gasteiger partial charge in [-0.2, -0.15) is 4.31 Å². The fraction of sp³-hybridized carbons (Fsp3) is 0.429. The van der Waals surface area contributed by atoms with Crippen LogP contribution in [0.5, 0.6) is 0 Å². The molecule has 0 spiro atoms. The van der Waals surface area contributed by atoms with Crippen LogP contribution in [-0.4, -0.2) is 66.7 Å².